The van der Waals surface area contributed by atoms with Crippen molar-refractivity contribution in [2.45, 2.75) is 18.8 Å². The van der Waals surface area contributed by atoms with Gasteiger partial charge in [0.1, 0.15) is 5.52 Å². The number of carbonyl (C=O) groups is 2. The number of nitrogens with zero attached hydrogens (tertiary/aromatic N) is 3. The molecule has 5 rings (SSSR count). The molecular formula is C20H19N3O4. The van der Waals surface area contributed by atoms with E-state index in [1.165, 1.54) is 6.26 Å². The molecule has 2 aliphatic rings. The minimum atomic E-state index is -0.136. The number of furan rings is 1. The van der Waals surface area contributed by atoms with E-state index >= 15 is 0 Å². The van der Waals surface area contributed by atoms with Gasteiger partial charge in [0.25, 0.3) is 11.8 Å². The Bertz CT molecular complexity index is 996. The number of rotatable bonds is 3. The minimum absolute atomic E-state index is 0.0497. The number of benzene rings is 1. The van der Waals surface area contributed by atoms with E-state index in [-0.39, 0.29) is 11.8 Å². The normalized spacial score (nSPS) is 17.5. The third-order valence-corrected chi connectivity index (χ3v) is 5.16. The predicted molar refractivity (Wildman–Crippen MR) is 96.5 cm³/mol. The number of carbonyl (C=O) groups excluding carboxylic acids is 2. The molecule has 0 atom stereocenters. The molecule has 0 N–H and O–H groups in total. The van der Waals surface area contributed by atoms with Gasteiger partial charge in [-0.05, 0) is 43.2 Å². The van der Waals surface area contributed by atoms with Crippen molar-refractivity contribution in [3.8, 4) is 0 Å². The van der Waals surface area contributed by atoms with Crippen LogP contribution in [0.25, 0.3) is 11.1 Å². The van der Waals surface area contributed by atoms with E-state index < -0.39 is 0 Å². The molecule has 1 saturated carbocycles. The SMILES string of the molecule is O=C(c1ccc2nc(C3CC3)oc2c1)N1CCN(C(=O)c2ccco2)CC1. The molecule has 1 aliphatic carbocycles. The first kappa shape index (κ1) is 16.1. The van der Waals surface area contributed by atoms with Gasteiger partial charge < -0.3 is 18.6 Å². The molecule has 0 radical (unpaired) electrons. The van der Waals surface area contributed by atoms with Crippen LogP contribution in [0.2, 0.25) is 0 Å². The maximum absolute atomic E-state index is 12.8. The summed E-state index contributed by atoms with van der Waals surface area (Å²) in [7, 11) is 0. The fourth-order valence-electron chi connectivity index (χ4n) is 3.43. The molecule has 1 aromatic carbocycles. The summed E-state index contributed by atoms with van der Waals surface area (Å²) in [6.07, 6.45) is 3.74. The molecule has 138 valence electrons. The van der Waals surface area contributed by atoms with Crippen molar-refractivity contribution >= 4 is 22.9 Å². The van der Waals surface area contributed by atoms with Gasteiger partial charge in [0.2, 0.25) is 0 Å². The summed E-state index contributed by atoms with van der Waals surface area (Å²) in [6.45, 7) is 1.96. The Labute approximate surface area is 155 Å². The maximum Gasteiger partial charge on any atom is 0.289 e. The number of aromatic nitrogens is 1. The molecule has 3 heterocycles. The first-order valence-corrected chi connectivity index (χ1v) is 9.21. The lowest BCUT2D eigenvalue weighted by molar-refractivity contribution is 0.0518. The summed E-state index contributed by atoms with van der Waals surface area (Å²) in [4.78, 5) is 33.1. The highest BCUT2D eigenvalue weighted by molar-refractivity contribution is 5.97. The van der Waals surface area contributed by atoms with Gasteiger partial charge in [0.15, 0.2) is 17.2 Å². The third kappa shape index (κ3) is 2.99. The van der Waals surface area contributed by atoms with Gasteiger partial charge in [-0.15, -0.1) is 0 Å². The van der Waals surface area contributed by atoms with E-state index in [4.69, 9.17) is 8.83 Å². The second kappa shape index (κ2) is 6.26. The smallest absolute Gasteiger partial charge is 0.289 e. The van der Waals surface area contributed by atoms with Gasteiger partial charge in [-0.2, -0.15) is 0 Å². The van der Waals surface area contributed by atoms with Crippen molar-refractivity contribution in [1.82, 2.24) is 14.8 Å². The van der Waals surface area contributed by atoms with Crippen molar-refractivity contribution in [3.05, 3.63) is 53.8 Å². The topological polar surface area (TPSA) is 79.8 Å². The average Bonchev–Trinajstić information content (AvgIpc) is 3.24. The minimum Gasteiger partial charge on any atom is -0.459 e. The molecule has 2 aromatic heterocycles. The third-order valence-electron chi connectivity index (χ3n) is 5.16. The molecule has 0 unspecified atom stereocenters. The molecule has 2 fully saturated rings. The molecule has 0 bridgehead atoms. The molecule has 1 aliphatic heterocycles. The number of fused-ring (bicyclic) bond motifs is 1. The first-order valence-electron chi connectivity index (χ1n) is 9.21. The van der Waals surface area contributed by atoms with E-state index in [9.17, 15) is 9.59 Å². The number of oxazole rings is 1. The molecule has 3 aromatic rings. The second-order valence-corrected chi connectivity index (χ2v) is 7.07. The second-order valence-electron chi connectivity index (χ2n) is 7.07. The lowest BCUT2D eigenvalue weighted by Crippen LogP contribution is -2.50. The van der Waals surface area contributed by atoms with Crippen LogP contribution in [-0.4, -0.2) is 52.8 Å². The maximum atomic E-state index is 12.8. The Balaban J connectivity index is 1.27. The van der Waals surface area contributed by atoms with Crippen LogP contribution in [0.5, 0.6) is 0 Å². The zero-order valence-corrected chi connectivity index (χ0v) is 14.8. The first-order chi connectivity index (χ1) is 13.2. The molecule has 2 amide bonds. The van der Waals surface area contributed by atoms with Gasteiger partial charge in [0, 0.05) is 37.7 Å². The monoisotopic (exact) mass is 365 g/mol. The van der Waals surface area contributed by atoms with Crippen LogP contribution in [0.4, 0.5) is 0 Å². The van der Waals surface area contributed by atoms with Crippen LogP contribution in [0.15, 0.2) is 45.4 Å². The average molecular weight is 365 g/mol. The zero-order valence-electron chi connectivity index (χ0n) is 14.8. The van der Waals surface area contributed by atoms with E-state index in [0.717, 1.165) is 24.2 Å². The summed E-state index contributed by atoms with van der Waals surface area (Å²) in [6, 6.07) is 8.76. The predicted octanol–water partition coefficient (Wildman–Crippen LogP) is 2.90. The van der Waals surface area contributed by atoms with Crippen LogP contribution in [0, 0.1) is 0 Å². The lowest BCUT2D eigenvalue weighted by atomic mass is 10.1. The highest BCUT2D eigenvalue weighted by atomic mass is 16.4. The Kier molecular flexibility index (Phi) is 3.74. The molecule has 7 heteroatoms. The van der Waals surface area contributed by atoms with Crippen LogP contribution in [-0.2, 0) is 0 Å². The van der Waals surface area contributed by atoms with Gasteiger partial charge in [-0.25, -0.2) is 4.98 Å². The number of hydrogen-bond donors (Lipinski definition) is 0. The number of amides is 2. The van der Waals surface area contributed by atoms with E-state index in [0.29, 0.717) is 49.0 Å². The fourth-order valence-corrected chi connectivity index (χ4v) is 3.43. The molecule has 0 spiro atoms. The lowest BCUT2D eigenvalue weighted by Gasteiger charge is -2.34. The Morgan fingerprint density at radius 3 is 2.41 bits per heavy atom. The van der Waals surface area contributed by atoms with E-state index in [1.807, 2.05) is 6.07 Å². The zero-order chi connectivity index (χ0) is 18.4. The summed E-state index contributed by atoms with van der Waals surface area (Å²) in [5.41, 5.74) is 2.04. The Hall–Kier alpha value is -3.09. The number of hydrogen-bond acceptors (Lipinski definition) is 5. The molecular weight excluding hydrogens is 346 g/mol. The van der Waals surface area contributed by atoms with Crippen molar-refractivity contribution in [3.63, 3.8) is 0 Å². The molecule has 1 saturated heterocycles. The van der Waals surface area contributed by atoms with Gasteiger partial charge in [0.05, 0.1) is 6.26 Å². The number of piperazine rings is 1. The van der Waals surface area contributed by atoms with Crippen LogP contribution in [0.3, 0.4) is 0 Å². The summed E-state index contributed by atoms with van der Waals surface area (Å²) >= 11 is 0. The van der Waals surface area contributed by atoms with Crippen LogP contribution in [0.1, 0.15) is 45.6 Å². The van der Waals surface area contributed by atoms with Crippen LogP contribution >= 0.6 is 0 Å². The summed E-state index contributed by atoms with van der Waals surface area (Å²) < 4.78 is 11.0. The van der Waals surface area contributed by atoms with Gasteiger partial charge in [-0.1, -0.05) is 0 Å². The van der Waals surface area contributed by atoms with E-state index in [2.05, 4.69) is 4.98 Å². The summed E-state index contributed by atoms with van der Waals surface area (Å²) in [5, 5.41) is 0. The van der Waals surface area contributed by atoms with Crippen molar-refractivity contribution < 1.29 is 18.4 Å². The molecule has 7 nitrogen and oxygen atoms in total. The molecule has 27 heavy (non-hydrogen) atoms. The fraction of sp³-hybridized carbons (Fsp3) is 0.350. The largest absolute Gasteiger partial charge is 0.459 e. The Morgan fingerprint density at radius 2 is 1.74 bits per heavy atom. The van der Waals surface area contributed by atoms with Gasteiger partial charge >= 0.3 is 0 Å². The van der Waals surface area contributed by atoms with Crippen molar-refractivity contribution in [1.29, 1.82) is 0 Å². The van der Waals surface area contributed by atoms with Crippen molar-refractivity contribution in [2.75, 3.05) is 26.2 Å². The quantitative estimate of drug-likeness (QED) is 0.713. The standard InChI is InChI=1S/C20H19N3O4/c24-19(14-5-6-15-17(12-14)27-18(21-15)13-3-4-13)22-7-9-23(10-8-22)20(25)16-2-1-11-26-16/h1-2,5-6,11-13H,3-4,7-10H2. The van der Waals surface area contributed by atoms with Gasteiger partial charge in [-0.3, -0.25) is 9.59 Å². The highest BCUT2D eigenvalue weighted by Gasteiger charge is 2.30. The summed E-state index contributed by atoms with van der Waals surface area (Å²) in [5.74, 6) is 1.36. The Morgan fingerprint density at radius 1 is 1.00 bits per heavy atom. The van der Waals surface area contributed by atoms with Crippen LogP contribution < -0.4 is 0 Å². The van der Waals surface area contributed by atoms with Crippen molar-refractivity contribution in [2.24, 2.45) is 0 Å². The highest BCUT2D eigenvalue weighted by Crippen LogP contribution is 2.40. The van der Waals surface area contributed by atoms with E-state index in [1.54, 1.807) is 34.1 Å².